The lowest BCUT2D eigenvalue weighted by molar-refractivity contribution is -0.137. The minimum Gasteiger partial charge on any atom is -0.391 e. The fourth-order valence-electron chi connectivity index (χ4n) is 3.01. The molecule has 4 heteroatoms. The van der Waals surface area contributed by atoms with Gasteiger partial charge < -0.3 is 10.0 Å². The third-order valence-corrected chi connectivity index (χ3v) is 4.99. The Hall–Kier alpha value is -0.870. The highest BCUT2D eigenvalue weighted by atomic mass is 32.1. The third-order valence-electron chi connectivity index (χ3n) is 4.25. The molecule has 2 heterocycles. The Morgan fingerprint density at radius 3 is 2.80 bits per heavy atom. The normalized spacial score (nSPS) is 23.9. The van der Waals surface area contributed by atoms with Gasteiger partial charge in [0, 0.05) is 19.5 Å². The molecule has 0 aromatic carbocycles. The molecule has 2 atom stereocenters. The van der Waals surface area contributed by atoms with E-state index >= 15 is 0 Å². The molecule has 112 valence electrons. The zero-order valence-corrected chi connectivity index (χ0v) is 13.4. The zero-order chi connectivity index (χ0) is 14.8. The molecule has 0 spiro atoms. The second-order valence-electron chi connectivity index (χ2n) is 6.80. The predicted molar refractivity (Wildman–Crippen MR) is 82.8 cm³/mol. The summed E-state index contributed by atoms with van der Waals surface area (Å²) < 4.78 is 0. The molecule has 0 bridgehead atoms. The number of hydrogen-bond acceptors (Lipinski definition) is 3. The highest BCUT2D eigenvalue weighted by Crippen LogP contribution is 2.34. The minimum absolute atomic E-state index is 0.102. The fourth-order valence-corrected chi connectivity index (χ4v) is 3.72. The van der Waals surface area contributed by atoms with E-state index in [-0.39, 0.29) is 17.2 Å². The van der Waals surface area contributed by atoms with Crippen LogP contribution < -0.4 is 0 Å². The van der Waals surface area contributed by atoms with Crippen LogP contribution in [0.3, 0.4) is 0 Å². The molecule has 3 nitrogen and oxygen atoms in total. The molecular formula is C16H25NO2S. The van der Waals surface area contributed by atoms with Crippen LogP contribution >= 0.6 is 11.3 Å². The van der Waals surface area contributed by atoms with Gasteiger partial charge in [-0.15, -0.1) is 0 Å². The van der Waals surface area contributed by atoms with E-state index in [0.29, 0.717) is 13.0 Å². The summed E-state index contributed by atoms with van der Waals surface area (Å²) in [6.07, 6.45) is 1.85. The molecule has 1 amide bonds. The second kappa shape index (κ2) is 6.27. The molecule has 1 aromatic rings. The maximum atomic E-state index is 12.2. The number of nitrogens with zero attached hydrogens (tertiary/aromatic N) is 1. The van der Waals surface area contributed by atoms with E-state index < -0.39 is 6.10 Å². The van der Waals surface area contributed by atoms with E-state index in [2.05, 4.69) is 32.2 Å². The van der Waals surface area contributed by atoms with Crippen molar-refractivity contribution in [3.05, 3.63) is 22.4 Å². The van der Waals surface area contributed by atoms with Gasteiger partial charge in [0.05, 0.1) is 6.10 Å². The van der Waals surface area contributed by atoms with Crippen LogP contribution in [0.1, 0.15) is 39.2 Å². The Bertz CT molecular complexity index is 436. The van der Waals surface area contributed by atoms with Crippen LogP contribution in [0.5, 0.6) is 0 Å². The predicted octanol–water partition coefficient (Wildman–Crippen LogP) is 2.94. The Morgan fingerprint density at radius 1 is 1.50 bits per heavy atom. The molecule has 20 heavy (non-hydrogen) atoms. The van der Waals surface area contributed by atoms with Gasteiger partial charge in [-0.1, -0.05) is 20.8 Å². The summed E-state index contributed by atoms with van der Waals surface area (Å²) in [6, 6.07) is 2.07. The van der Waals surface area contributed by atoms with Gasteiger partial charge in [-0.05, 0) is 46.6 Å². The van der Waals surface area contributed by atoms with Gasteiger partial charge in [0.25, 0.3) is 0 Å². The number of thiophene rings is 1. The monoisotopic (exact) mass is 295 g/mol. The average Bonchev–Trinajstić information content (AvgIpc) is 2.87. The number of amides is 1. The Kier molecular flexibility index (Phi) is 4.86. The smallest absolute Gasteiger partial charge is 0.222 e. The number of hydrogen-bond donors (Lipinski definition) is 1. The average molecular weight is 295 g/mol. The molecule has 0 radical (unpaired) electrons. The first-order chi connectivity index (χ1) is 9.38. The number of piperidine rings is 1. The summed E-state index contributed by atoms with van der Waals surface area (Å²) in [6.45, 7) is 7.75. The van der Waals surface area contributed by atoms with Gasteiger partial charge in [0.1, 0.15) is 0 Å². The van der Waals surface area contributed by atoms with Crippen molar-refractivity contribution < 1.29 is 9.90 Å². The summed E-state index contributed by atoms with van der Waals surface area (Å²) >= 11 is 1.67. The third kappa shape index (κ3) is 3.83. The number of aryl methyl sites for hydroxylation is 1. The molecule has 1 saturated heterocycles. The number of carbonyl (C=O) groups is 1. The maximum Gasteiger partial charge on any atom is 0.222 e. The van der Waals surface area contributed by atoms with E-state index in [4.69, 9.17) is 0 Å². The Morgan fingerprint density at radius 2 is 2.25 bits per heavy atom. The van der Waals surface area contributed by atoms with Crippen molar-refractivity contribution in [2.75, 3.05) is 13.1 Å². The van der Waals surface area contributed by atoms with Gasteiger partial charge in [-0.2, -0.15) is 11.3 Å². The van der Waals surface area contributed by atoms with Gasteiger partial charge in [0.15, 0.2) is 0 Å². The number of aliphatic hydroxyl groups is 1. The van der Waals surface area contributed by atoms with E-state index in [1.807, 2.05) is 10.3 Å². The van der Waals surface area contributed by atoms with Crippen LogP contribution in [-0.2, 0) is 11.2 Å². The van der Waals surface area contributed by atoms with Crippen molar-refractivity contribution in [2.45, 2.75) is 46.1 Å². The largest absolute Gasteiger partial charge is 0.391 e. The van der Waals surface area contributed by atoms with Gasteiger partial charge >= 0.3 is 0 Å². The molecule has 1 aliphatic rings. The van der Waals surface area contributed by atoms with Gasteiger partial charge in [0.2, 0.25) is 5.91 Å². The summed E-state index contributed by atoms with van der Waals surface area (Å²) in [5, 5.41) is 14.4. The lowest BCUT2D eigenvalue weighted by Gasteiger charge is -2.42. The minimum atomic E-state index is -0.395. The highest BCUT2D eigenvalue weighted by molar-refractivity contribution is 7.07. The number of β-amino-alcohol motifs (C(OH)–C–C–N with tert-alkyl or cyclic N) is 1. The van der Waals surface area contributed by atoms with Crippen molar-refractivity contribution >= 4 is 17.2 Å². The molecule has 0 aliphatic carbocycles. The van der Waals surface area contributed by atoms with E-state index in [1.165, 1.54) is 5.56 Å². The molecule has 1 N–H and O–H groups in total. The van der Waals surface area contributed by atoms with E-state index in [9.17, 15) is 9.90 Å². The molecule has 0 unspecified atom stereocenters. The van der Waals surface area contributed by atoms with Crippen LogP contribution in [0, 0.1) is 11.3 Å². The second-order valence-corrected chi connectivity index (χ2v) is 7.58. The number of aliphatic hydroxyl groups excluding tert-OH is 1. The standard InChI is InChI=1S/C16H25NO2S/c1-16(2,3)13-6-8-17(10-14(13)18)15(19)5-4-12-7-9-20-11-12/h7,9,11,13-14,18H,4-6,8,10H2,1-3H3/t13-,14+/m0/s1. The summed E-state index contributed by atoms with van der Waals surface area (Å²) in [5.41, 5.74) is 1.33. The first-order valence-electron chi connectivity index (χ1n) is 7.35. The maximum absolute atomic E-state index is 12.2. The van der Waals surface area contributed by atoms with Crippen molar-refractivity contribution in [3.8, 4) is 0 Å². The van der Waals surface area contributed by atoms with Crippen LogP contribution in [0.25, 0.3) is 0 Å². The van der Waals surface area contributed by atoms with Crippen molar-refractivity contribution in [1.29, 1.82) is 0 Å². The highest BCUT2D eigenvalue weighted by Gasteiger charge is 2.36. The van der Waals surface area contributed by atoms with Crippen LogP contribution in [0.2, 0.25) is 0 Å². The van der Waals surface area contributed by atoms with Gasteiger partial charge in [-0.25, -0.2) is 0 Å². The Balaban J connectivity index is 1.84. The van der Waals surface area contributed by atoms with Gasteiger partial charge in [-0.3, -0.25) is 4.79 Å². The summed E-state index contributed by atoms with van der Waals surface area (Å²) in [7, 11) is 0. The molecular weight excluding hydrogens is 270 g/mol. The van der Waals surface area contributed by atoms with Crippen LogP contribution in [0.15, 0.2) is 16.8 Å². The fraction of sp³-hybridized carbons (Fsp3) is 0.688. The lowest BCUT2D eigenvalue weighted by Crippen LogP contribution is -2.50. The quantitative estimate of drug-likeness (QED) is 0.931. The van der Waals surface area contributed by atoms with Crippen molar-refractivity contribution in [2.24, 2.45) is 11.3 Å². The van der Waals surface area contributed by atoms with Crippen molar-refractivity contribution in [3.63, 3.8) is 0 Å². The molecule has 2 rings (SSSR count). The topological polar surface area (TPSA) is 40.5 Å². The van der Waals surface area contributed by atoms with Crippen molar-refractivity contribution in [1.82, 2.24) is 4.90 Å². The SMILES string of the molecule is CC(C)(C)[C@H]1CCN(C(=O)CCc2ccsc2)C[C@H]1O. The summed E-state index contributed by atoms with van der Waals surface area (Å²) in [5.74, 6) is 0.450. The number of likely N-dealkylation sites (tertiary alicyclic amines) is 1. The van der Waals surface area contributed by atoms with Crippen LogP contribution in [-0.4, -0.2) is 35.1 Å². The summed E-state index contributed by atoms with van der Waals surface area (Å²) in [4.78, 5) is 14.0. The molecule has 1 fully saturated rings. The van der Waals surface area contributed by atoms with E-state index in [1.54, 1.807) is 11.3 Å². The first kappa shape index (κ1) is 15.5. The number of rotatable bonds is 3. The molecule has 0 saturated carbocycles. The van der Waals surface area contributed by atoms with Crippen LogP contribution in [0.4, 0.5) is 0 Å². The number of carbonyl (C=O) groups excluding carboxylic acids is 1. The zero-order valence-electron chi connectivity index (χ0n) is 12.6. The molecule has 1 aliphatic heterocycles. The Labute approximate surface area is 125 Å². The lowest BCUT2D eigenvalue weighted by atomic mass is 9.73. The molecule has 1 aromatic heterocycles. The van der Waals surface area contributed by atoms with E-state index in [0.717, 1.165) is 19.4 Å². The first-order valence-corrected chi connectivity index (χ1v) is 8.29.